The lowest BCUT2D eigenvalue weighted by atomic mass is 9.73. The van der Waals surface area contributed by atoms with Crippen molar-refractivity contribution in [1.82, 2.24) is 0 Å². The number of benzene rings is 1. The summed E-state index contributed by atoms with van der Waals surface area (Å²) in [6.07, 6.45) is 0. The molecule has 0 atom stereocenters. The van der Waals surface area contributed by atoms with E-state index in [0.29, 0.717) is 17.2 Å². The minimum absolute atomic E-state index is 0.358. The van der Waals surface area contributed by atoms with Crippen LogP contribution in [0.2, 0.25) is 11.8 Å². The Bertz CT molecular complexity index is 339. The van der Waals surface area contributed by atoms with E-state index in [1.807, 2.05) is 20.2 Å². The van der Waals surface area contributed by atoms with E-state index in [4.69, 9.17) is 16.3 Å². The number of carbonyl (C=O) groups excluding carboxylic acids is 1. The molecular weight excluding hydrogens is 198 g/mol. The van der Waals surface area contributed by atoms with Crippen molar-refractivity contribution in [2.75, 3.05) is 6.61 Å². The zero-order chi connectivity index (χ0) is 10.6. The van der Waals surface area contributed by atoms with Gasteiger partial charge in [0.25, 0.3) is 0 Å². The predicted octanol–water partition coefficient (Wildman–Crippen LogP) is 1.89. The third-order valence-corrected chi connectivity index (χ3v) is 2.13. The lowest BCUT2D eigenvalue weighted by molar-refractivity contribution is 0.0526. The maximum Gasteiger partial charge on any atom is 0.339 e. The van der Waals surface area contributed by atoms with Gasteiger partial charge in [-0.3, -0.25) is 0 Å². The number of halogens is 1. The number of esters is 1. The van der Waals surface area contributed by atoms with Gasteiger partial charge in [0.15, 0.2) is 0 Å². The maximum absolute atomic E-state index is 11.3. The number of carbonyl (C=O) groups is 1. The van der Waals surface area contributed by atoms with Crippen LogP contribution in [0.15, 0.2) is 18.2 Å². The van der Waals surface area contributed by atoms with E-state index in [2.05, 4.69) is 0 Å². The third-order valence-electron chi connectivity index (χ3n) is 1.82. The summed E-state index contributed by atoms with van der Waals surface area (Å²) in [5.74, 6) is -0.375. The lowest BCUT2D eigenvalue weighted by Crippen LogP contribution is -2.13. The largest absolute Gasteiger partial charge is 0.462 e. The maximum atomic E-state index is 11.3. The summed E-state index contributed by atoms with van der Waals surface area (Å²) in [5, 5.41) is 0.430. The fraction of sp³-hybridized carbons (Fsp3) is 0.300. The van der Waals surface area contributed by atoms with Crippen LogP contribution < -0.4 is 5.46 Å². The van der Waals surface area contributed by atoms with Gasteiger partial charge in [0.2, 0.25) is 0 Å². The van der Waals surface area contributed by atoms with Crippen molar-refractivity contribution in [1.29, 1.82) is 0 Å². The van der Waals surface area contributed by atoms with E-state index < -0.39 is 0 Å². The molecule has 0 spiro atoms. The highest BCUT2D eigenvalue weighted by Gasteiger charge is 2.10. The Morgan fingerprint density at radius 2 is 2.29 bits per heavy atom. The molecule has 0 heterocycles. The van der Waals surface area contributed by atoms with Crippen LogP contribution in [0.4, 0.5) is 0 Å². The molecule has 1 aromatic carbocycles. The first-order valence-corrected chi connectivity index (χ1v) is 4.83. The van der Waals surface area contributed by atoms with Gasteiger partial charge in [-0.15, -0.1) is 0 Å². The number of rotatable bonds is 3. The van der Waals surface area contributed by atoms with Crippen LogP contribution in [0, 0.1) is 0 Å². The van der Waals surface area contributed by atoms with Crippen molar-refractivity contribution in [2.24, 2.45) is 0 Å². The van der Waals surface area contributed by atoms with E-state index in [1.54, 1.807) is 19.1 Å². The Balaban J connectivity index is 2.94. The van der Waals surface area contributed by atoms with Crippen LogP contribution in [-0.4, -0.2) is 19.9 Å². The molecule has 2 nitrogen and oxygen atoms in total. The predicted molar refractivity (Wildman–Crippen MR) is 58.7 cm³/mol. The topological polar surface area (TPSA) is 26.3 Å². The first-order chi connectivity index (χ1) is 6.69. The Morgan fingerprint density at radius 3 is 2.79 bits per heavy atom. The van der Waals surface area contributed by atoms with Gasteiger partial charge in [0, 0.05) is 0 Å². The van der Waals surface area contributed by atoms with Crippen LogP contribution in [0.5, 0.6) is 0 Å². The van der Waals surface area contributed by atoms with E-state index in [0.717, 1.165) is 5.46 Å². The zero-order valence-electron chi connectivity index (χ0n) is 8.21. The Morgan fingerprint density at radius 1 is 1.57 bits per heavy atom. The Labute approximate surface area is 89.5 Å². The summed E-state index contributed by atoms with van der Waals surface area (Å²) in [6.45, 7) is 4.03. The molecule has 1 radical (unpaired) electrons. The smallest absolute Gasteiger partial charge is 0.339 e. The monoisotopic (exact) mass is 209 g/mol. The van der Waals surface area contributed by atoms with Crippen LogP contribution in [0.25, 0.3) is 0 Å². The molecule has 1 rings (SSSR count). The van der Waals surface area contributed by atoms with Gasteiger partial charge >= 0.3 is 5.97 Å². The molecule has 0 aromatic heterocycles. The summed E-state index contributed by atoms with van der Waals surface area (Å²) < 4.78 is 4.85. The molecule has 0 bridgehead atoms. The third kappa shape index (κ3) is 2.52. The van der Waals surface area contributed by atoms with Gasteiger partial charge in [-0.05, 0) is 19.1 Å². The molecule has 0 unspecified atom stereocenters. The van der Waals surface area contributed by atoms with Crippen molar-refractivity contribution >= 4 is 30.3 Å². The standard InChI is InChI=1S/C10H11BClO2/c1-3-14-10(13)8-5-4-7(11-2)6-9(8)12/h4-6H,3H2,1-2H3. The summed E-state index contributed by atoms with van der Waals surface area (Å²) >= 11 is 5.92. The van der Waals surface area contributed by atoms with E-state index in [9.17, 15) is 4.79 Å². The average Bonchev–Trinajstić information content (AvgIpc) is 2.17. The fourth-order valence-corrected chi connectivity index (χ4v) is 1.35. The molecule has 4 heteroatoms. The minimum Gasteiger partial charge on any atom is -0.462 e. The van der Waals surface area contributed by atoms with E-state index in [1.165, 1.54) is 0 Å². The van der Waals surface area contributed by atoms with E-state index >= 15 is 0 Å². The highest BCUT2D eigenvalue weighted by molar-refractivity contribution is 6.52. The molecule has 0 fully saturated rings. The summed E-state index contributed by atoms with van der Waals surface area (Å²) in [6, 6.07) is 5.25. The summed E-state index contributed by atoms with van der Waals surface area (Å²) in [7, 11) is 1.92. The molecular formula is C10H11BClO2. The SMILES string of the molecule is C[B]c1ccc(C(=O)OCC)c(Cl)c1. The Kier molecular flexibility index (Phi) is 4.02. The molecule has 0 amide bonds. The Hall–Kier alpha value is -0.955. The molecule has 0 aliphatic heterocycles. The number of hydrogen-bond donors (Lipinski definition) is 0. The molecule has 0 saturated heterocycles. The molecule has 0 saturated carbocycles. The van der Waals surface area contributed by atoms with Crippen LogP contribution in [0.1, 0.15) is 17.3 Å². The summed E-state index contributed by atoms with van der Waals surface area (Å²) in [4.78, 5) is 11.3. The van der Waals surface area contributed by atoms with Crippen molar-refractivity contribution in [3.05, 3.63) is 28.8 Å². The first kappa shape index (κ1) is 11.1. The second-order valence-electron chi connectivity index (χ2n) is 2.75. The van der Waals surface area contributed by atoms with Crippen LogP contribution in [0.3, 0.4) is 0 Å². The van der Waals surface area contributed by atoms with E-state index in [-0.39, 0.29) is 5.97 Å². The van der Waals surface area contributed by atoms with Crippen molar-refractivity contribution in [2.45, 2.75) is 13.7 Å². The number of hydrogen-bond acceptors (Lipinski definition) is 2. The molecule has 0 aliphatic rings. The van der Waals surface area contributed by atoms with Gasteiger partial charge in [0.1, 0.15) is 7.28 Å². The zero-order valence-corrected chi connectivity index (χ0v) is 8.97. The second-order valence-corrected chi connectivity index (χ2v) is 3.16. The van der Waals surface area contributed by atoms with Gasteiger partial charge in [-0.1, -0.05) is 30.0 Å². The second kappa shape index (κ2) is 5.06. The first-order valence-electron chi connectivity index (χ1n) is 4.45. The van der Waals surface area contributed by atoms with Crippen molar-refractivity contribution in [3.8, 4) is 0 Å². The molecule has 73 valence electrons. The molecule has 0 N–H and O–H groups in total. The van der Waals surface area contributed by atoms with Gasteiger partial charge in [-0.2, -0.15) is 0 Å². The highest BCUT2D eigenvalue weighted by atomic mass is 35.5. The van der Waals surface area contributed by atoms with Gasteiger partial charge < -0.3 is 4.74 Å². The van der Waals surface area contributed by atoms with Crippen molar-refractivity contribution < 1.29 is 9.53 Å². The fourth-order valence-electron chi connectivity index (χ4n) is 1.09. The highest BCUT2D eigenvalue weighted by Crippen LogP contribution is 2.14. The van der Waals surface area contributed by atoms with Gasteiger partial charge in [-0.25, -0.2) is 4.79 Å². The van der Waals surface area contributed by atoms with Crippen LogP contribution in [-0.2, 0) is 4.74 Å². The van der Waals surface area contributed by atoms with Crippen molar-refractivity contribution in [3.63, 3.8) is 0 Å². The van der Waals surface area contributed by atoms with Gasteiger partial charge in [0.05, 0.1) is 17.2 Å². The minimum atomic E-state index is -0.375. The molecule has 1 aromatic rings. The molecule has 0 aliphatic carbocycles. The lowest BCUT2D eigenvalue weighted by Gasteiger charge is -2.05. The number of ether oxygens (including phenoxy) is 1. The molecule has 14 heavy (non-hydrogen) atoms. The normalized spacial score (nSPS) is 9.64. The summed E-state index contributed by atoms with van der Waals surface area (Å²) in [5.41, 5.74) is 1.40. The average molecular weight is 209 g/mol. The quantitative estimate of drug-likeness (QED) is 0.561. The van der Waals surface area contributed by atoms with Crippen LogP contribution >= 0.6 is 11.6 Å².